The molecule has 1 aliphatic heterocycles. The van der Waals surface area contributed by atoms with Gasteiger partial charge in [0.25, 0.3) is 0 Å². The minimum absolute atomic E-state index is 0.0923. The highest BCUT2D eigenvalue weighted by atomic mass is 16.2. The number of primary amides is 1. The van der Waals surface area contributed by atoms with E-state index in [9.17, 15) is 9.59 Å². The van der Waals surface area contributed by atoms with E-state index in [4.69, 9.17) is 5.73 Å². The number of urea groups is 1. The van der Waals surface area contributed by atoms with Crippen molar-refractivity contribution in [3.8, 4) is 0 Å². The second-order valence-corrected chi connectivity index (χ2v) is 6.51. The van der Waals surface area contributed by atoms with Crippen molar-refractivity contribution >= 4 is 17.6 Å². The zero-order valence-electron chi connectivity index (χ0n) is 14.3. The Labute approximate surface area is 146 Å². The maximum absolute atomic E-state index is 12.5. The molecule has 25 heavy (non-hydrogen) atoms. The molecule has 2 aromatic rings. The second kappa shape index (κ2) is 7.38. The van der Waals surface area contributed by atoms with Gasteiger partial charge in [-0.15, -0.1) is 0 Å². The molecule has 3 amide bonds. The Morgan fingerprint density at radius 1 is 1.28 bits per heavy atom. The van der Waals surface area contributed by atoms with E-state index in [1.165, 1.54) is 0 Å². The first kappa shape index (κ1) is 17.0. The molecule has 1 aromatic heterocycles. The molecule has 132 valence electrons. The lowest BCUT2D eigenvalue weighted by atomic mass is 9.93. The van der Waals surface area contributed by atoms with Crippen molar-refractivity contribution in [2.75, 3.05) is 11.9 Å². The number of piperidine rings is 1. The van der Waals surface area contributed by atoms with E-state index in [2.05, 4.69) is 10.4 Å². The molecule has 2 heterocycles. The Morgan fingerprint density at radius 2 is 2.04 bits per heavy atom. The predicted octanol–water partition coefficient (Wildman–Crippen LogP) is 2.05. The lowest BCUT2D eigenvalue weighted by molar-refractivity contribution is -0.123. The van der Waals surface area contributed by atoms with E-state index in [-0.39, 0.29) is 23.9 Å². The second-order valence-electron chi connectivity index (χ2n) is 6.51. The van der Waals surface area contributed by atoms with Gasteiger partial charge in [0.1, 0.15) is 0 Å². The maximum atomic E-state index is 12.5. The van der Waals surface area contributed by atoms with Gasteiger partial charge in [-0.1, -0.05) is 12.1 Å². The first-order chi connectivity index (χ1) is 12.0. The highest BCUT2D eigenvalue weighted by Gasteiger charge is 2.31. The largest absolute Gasteiger partial charge is 0.369 e. The monoisotopic (exact) mass is 341 g/mol. The van der Waals surface area contributed by atoms with Crippen LogP contribution in [0.5, 0.6) is 0 Å². The predicted molar refractivity (Wildman–Crippen MR) is 94.9 cm³/mol. The van der Waals surface area contributed by atoms with Gasteiger partial charge in [0.2, 0.25) is 5.91 Å². The van der Waals surface area contributed by atoms with Gasteiger partial charge in [-0.05, 0) is 43.5 Å². The minimum Gasteiger partial charge on any atom is -0.369 e. The summed E-state index contributed by atoms with van der Waals surface area (Å²) in [5.74, 6) is -0.605. The smallest absolute Gasteiger partial charge is 0.322 e. The molecule has 3 rings (SSSR count). The molecule has 0 unspecified atom stereocenters. The molecule has 1 fully saturated rings. The molecule has 7 heteroatoms. The standard InChI is InChI=1S/C18H23N5O2/c1-13-3-6-15(17(19)24)12-23(13)18(25)21-16-7-4-14(5-8-16)11-22-10-2-9-20-22/h2,4-5,7-10,13,15H,3,6,11-12H2,1H3,(H2,19,24)(H,21,25)/t13-,15+/m1/s1. The van der Waals surface area contributed by atoms with Crippen LogP contribution in [0.1, 0.15) is 25.3 Å². The third-order valence-electron chi connectivity index (χ3n) is 4.65. The van der Waals surface area contributed by atoms with Crippen LogP contribution in [0.2, 0.25) is 0 Å². The minimum atomic E-state index is -0.340. The van der Waals surface area contributed by atoms with E-state index < -0.39 is 0 Å². The van der Waals surface area contributed by atoms with Crippen LogP contribution >= 0.6 is 0 Å². The van der Waals surface area contributed by atoms with Crippen LogP contribution in [0.25, 0.3) is 0 Å². The van der Waals surface area contributed by atoms with Gasteiger partial charge in [0.15, 0.2) is 0 Å². The molecule has 1 saturated heterocycles. The number of rotatable bonds is 4. The summed E-state index contributed by atoms with van der Waals surface area (Å²) in [5.41, 5.74) is 7.22. The van der Waals surface area contributed by atoms with Crippen molar-refractivity contribution in [2.24, 2.45) is 11.7 Å². The Bertz CT molecular complexity index is 726. The van der Waals surface area contributed by atoms with Crippen molar-refractivity contribution in [1.29, 1.82) is 0 Å². The fraction of sp³-hybridized carbons (Fsp3) is 0.389. The number of likely N-dealkylation sites (tertiary alicyclic amines) is 1. The number of nitrogens with two attached hydrogens (primary N) is 1. The molecule has 2 atom stereocenters. The normalized spacial score (nSPS) is 20.3. The molecule has 7 nitrogen and oxygen atoms in total. The summed E-state index contributed by atoms with van der Waals surface area (Å²) in [5, 5.41) is 7.08. The third-order valence-corrected chi connectivity index (χ3v) is 4.65. The number of carbonyl (C=O) groups is 2. The molecular formula is C18H23N5O2. The van der Waals surface area contributed by atoms with Crippen LogP contribution in [0.15, 0.2) is 42.7 Å². The van der Waals surface area contributed by atoms with Crippen LogP contribution in [0.3, 0.4) is 0 Å². The lowest BCUT2D eigenvalue weighted by Crippen LogP contribution is -2.50. The molecule has 0 spiro atoms. The summed E-state index contributed by atoms with van der Waals surface area (Å²) in [6.07, 6.45) is 5.17. The quantitative estimate of drug-likeness (QED) is 0.891. The van der Waals surface area contributed by atoms with Crippen LogP contribution < -0.4 is 11.1 Å². The van der Waals surface area contributed by atoms with Crippen LogP contribution in [0.4, 0.5) is 10.5 Å². The topological polar surface area (TPSA) is 93.3 Å². The summed E-state index contributed by atoms with van der Waals surface area (Å²) in [4.78, 5) is 25.6. The fourth-order valence-corrected chi connectivity index (χ4v) is 3.09. The Morgan fingerprint density at radius 3 is 2.68 bits per heavy atom. The van der Waals surface area contributed by atoms with E-state index >= 15 is 0 Å². The van der Waals surface area contributed by atoms with Gasteiger partial charge >= 0.3 is 6.03 Å². The van der Waals surface area contributed by atoms with Gasteiger partial charge < -0.3 is 16.0 Å². The van der Waals surface area contributed by atoms with Crippen molar-refractivity contribution in [3.05, 3.63) is 48.3 Å². The molecular weight excluding hydrogens is 318 g/mol. The number of nitrogens with zero attached hydrogens (tertiary/aromatic N) is 3. The van der Waals surface area contributed by atoms with Crippen molar-refractivity contribution in [3.63, 3.8) is 0 Å². The summed E-state index contributed by atoms with van der Waals surface area (Å²) >= 11 is 0. The fourth-order valence-electron chi connectivity index (χ4n) is 3.09. The SMILES string of the molecule is C[C@@H]1CC[C@H](C(N)=O)CN1C(=O)Nc1ccc(Cn2cccn2)cc1. The van der Waals surface area contributed by atoms with E-state index in [1.807, 2.05) is 48.1 Å². The Balaban J connectivity index is 1.61. The van der Waals surface area contributed by atoms with E-state index in [0.29, 0.717) is 13.1 Å². The zero-order chi connectivity index (χ0) is 17.8. The summed E-state index contributed by atoms with van der Waals surface area (Å²) in [6.45, 7) is 3.05. The molecule has 1 aliphatic rings. The van der Waals surface area contributed by atoms with Gasteiger partial charge in [-0.3, -0.25) is 9.48 Å². The number of hydrogen-bond acceptors (Lipinski definition) is 3. The molecule has 0 saturated carbocycles. The third kappa shape index (κ3) is 4.17. The van der Waals surface area contributed by atoms with Gasteiger partial charge in [0.05, 0.1) is 12.5 Å². The number of anilines is 1. The Hall–Kier alpha value is -2.83. The van der Waals surface area contributed by atoms with Gasteiger partial charge in [-0.25, -0.2) is 4.79 Å². The van der Waals surface area contributed by atoms with Crippen molar-refractivity contribution in [1.82, 2.24) is 14.7 Å². The average molecular weight is 341 g/mol. The number of amides is 3. The maximum Gasteiger partial charge on any atom is 0.322 e. The number of aromatic nitrogens is 2. The Kier molecular flexibility index (Phi) is 5.02. The number of benzene rings is 1. The summed E-state index contributed by atoms with van der Waals surface area (Å²) in [6, 6.07) is 9.45. The van der Waals surface area contributed by atoms with E-state index in [0.717, 1.165) is 24.1 Å². The first-order valence-corrected chi connectivity index (χ1v) is 8.46. The van der Waals surface area contributed by atoms with E-state index in [1.54, 1.807) is 11.1 Å². The van der Waals surface area contributed by atoms with Gasteiger partial charge in [-0.2, -0.15) is 5.10 Å². The average Bonchev–Trinajstić information content (AvgIpc) is 3.09. The zero-order valence-corrected chi connectivity index (χ0v) is 14.3. The number of nitrogens with one attached hydrogen (secondary N) is 1. The van der Waals surface area contributed by atoms with Crippen LogP contribution in [-0.4, -0.2) is 39.2 Å². The lowest BCUT2D eigenvalue weighted by Gasteiger charge is -2.36. The summed E-state index contributed by atoms with van der Waals surface area (Å²) < 4.78 is 1.84. The summed E-state index contributed by atoms with van der Waals surface area (Å²) in [7, 11) is 0. The van der Waals surface area contributed by atoms with Gasteiger partial charge in [0, 0.05) is 30.7 Å². The highest BCUT2D eigenvalue weighted by molar-refractivity contribution is 5.90. The number of carbonyl (C=O) groups excluding carboxylic acids is 2. The van der Waals surface area contributed by atoms with Crippen LogP contribution in [0, 0.1) is 5.92 Å². The molecule has 3 N–H and O–H groups in total. The number of hydrogen-bond donors (Lipinski definition) is 2. The van der Waals surface area contributed by atoms with Crippen molar-refractivity contribution < 1.29 is 9.59 Å². The molecule has 0 aliphatic carbocycles. The molecule has 1 aromatic carbocycles. The first-order valence-electron chi connectivity index (χ1n) is 8.46. The van der Waals surface area contributed by atoms with Crippen LogP contribution in [-0.2, 0) is 11.3 Å². The molecule has 0 radical (unpaired) electrons. The molecule has 0 bridgehead atoms. The highest BCUT2D eigenvalue weighted by Crippen LogP contribution is 2.22. The van der Waals surface area contributed by atoms with Crippen molar-refractivity contribution in [2.45, 2.75) is 32.4 Å².